The van der Waals surface area contributed by atoms with Gasteiger partial charge in [0.25, 0.3) is 5.69 Å². The predicted molar refractivity (Wildman–Crippen MR) is 164 cm³/mol. The molecule has 0 aromatic heterocycles. The number of hydrogen-bond acceptors (Lipinski definition) is 7. The highest BCUT2D eigenvalue weighted by atomic mass is 35.5. The van der Waals surface area contributed by atoms with E-state index in [0.29, 0.717) is 51.2 Å². The van der Waals surface area contributed by atoms with Crippen molar-refractivity contribution in [2.24, 2.45) is 0 Å². The van der Waals surface area contributed by atoms with Crippen molar-refractivity contribution >= 4 is 58.9 Å². The highest BCUT2D eigenvalue weighted by Crippen LogP contribution is 2.32. The molecular formula is C30H27Cl3N2O6. The molecular weight excluding hydrogens is 591 g/mol. The van der Waals surface area contributed by atoms with E-state index in [1.54, 1.807) is 62.4 Å². The van der Waals surface area contributed by atoms with E-state index in [0.717, 1.165) is 11.1 Å². The monoisotopic (exact) mass is 616 g/mol. The number of benzene rings is 4. The first-order valence-corrected chi connectivity index (χ1v) is 12.9. The van der Waals surface area contributed by atoms with Crippen LogP contribution in [0.2, 0.25) is 10.0 Å². The van der Waals surface area contributed by atoms with Gasteiger partial charge in [0, 0.05) is 39.0 Å². The first kappa shape index (κ1) is 33.1. The van der Waals surface area contributed by atoms with E-state index in [2.05, 4.69) is 0 Å². The summed E-state index contributed by atoms with van der Waals surface area (Å²) in [6.07, 6.45) is 0. The molecule has 0 aliphatic rings. The lowest BCUT2D eigenvalue weighted by Gasteiger charge is -2.07. The molecule has 0 spiro atoms. The second kappa shape index (κ2) is 15.6. The van der Waals surface area contributed by atoms with Gasteiger partial charge in [0.05, 0.1) is 29.3 Å². The van der Waals surface area contributed by atoms with Gasteiger partial charge in [-0.3, -0.25) is 10.1 Å². The Kier molecular flexibility index (Phi) is 12.6. The number of non-ortho nitro benzene ring substituents is 1. The van der Waals surface area contributed by atoms with Crippen molar-refractivity contribution in [1.29, 1.82) is 0 Å². The molecule has 0 aliphatic carbocycles. The third-order valence-corrected chi connectivity index (χ3v) is 6.22. The number of carbonyl (C=O) groups excluding carboxylic acids is 2. The largest absolute Gasteiger partial charge is 0.462 e. The molecule has 0 saturated heterocycles. The number of carbonyl (C=O) groups is 2. The molecule has 0 saturated carbocycles. The Labute approximate surface area is 253 Å². The molecule has 11 heteroatoms. The van der Waals surface area contributed by atoms with Crippen LogP contribution in [0, 0.1) is 10.1 Å². The SMILES string of the molecule is CCOC(=O)c1ccc(-c2cc(N)ccc2Cl)cc1.CCOC(=O)c1ccc(-c2cc([N+](=O)[O-])ccc2Cl)cc1.Cl. The zero-order valence-electron chi connectivity index (χ0n) is 22.1. The summed E-state index contributed by atoms with van der Waals surface area (Å²) in [7, 11) is 0. The highest BCUT2D eigenvalue weighted by molar-refractivity contribution is 6.33. The van der Waals surface area contributed by atoms with Gasteiger partial charge in [-0.1, -0.05) is 47.5 Å². The van der Waals surface area contributed by atoms with E-state index >= 15 is 0 Å². The minimum atomic E-state index is -0.479. The number of nitrogens with two attached hydrogens (primary N) is 1. The summed E-state index contributed by atoms with van der Waals surface area (Å²) in [5.74, 6) is -0.734. The number of hydrogen-bond donors (Lipinski definition) is 1. The Morgan fingerprint density at radius 1 is 0.732 bits per heavy atom. The lowest BCUT2D eigenvalue weighted by Crippen LogP contribution is -2.04. The zero-order chi connectivity index (χ0) is 29.2. The minimum absolute atomic E-state index is 0. The van der Waals surface area contributed by atoms with Crippen LogP contribution in [0.3, 0.4) is 0 Å². The van der Waals surface area contributed by atoms with Gasteiger partial charge in [-0.05, 0) is 73.5 Å². The second-order valence-corrected chi connectivity index (χ2v) is 9.07. The maximum Gasteiger partial charge on any atom is 0.338 e. The molecule has 214 valence electrons. The van der Waals surface area contributed by atoms with Crippen molar-refractivity contribution in [2.75, 3.05) is 18.9 Å². The number of nitro groups is 1. The van der Waals surface area contributed by atoms with Gasteiger partial charge in [0.2, 0.25) is 0 Å². The topological polar surface area (TPSA) is 122 Å². The Bertz CT molecular complexity index is 1510. The molecule has 0 fully saturated rings. The van der Waals surface area contributed by atoms with E-state index in [1.807, 2.05) is 18.2 Å². The summed E-state index contributed by atoms with van der Waals surface area (Å²) in [5.41, 5.74) is 10.3. The number of rotatable bonds is 7. The fraction of sp³-hybridized carbons (Fsp3) is 0.133. The normalized spacial score (nSPS) is 9.95. The van der Waals surface area contributed by atoms with Gasteiger partial charge in [-0.2, -0.15) is 0 Å². The van der Waals surface area contributed by atoms with Gasteiger partial charge in [0.1, 0.15) is 0 Å². The van der Waals surface area contributed by atoms with Gasteiger partial charge in [0.15, 0.2) is 0 Å². The predicted octanol–water partition coefficient (Wildman–Crippen LogP) is 8.28. The van der Waals surface area contributed by atoms with Gasteiger partial charge in [-0.25, -0.2) is 9.59 Å². The minimum Gasteiger partial charge on any atom is -0.462 e. The molecule has 0 aliphatic heterocycles. The van der Waals surface area contributed by atoms with E-state index in [4.69, 9.17) is 38.4 Å². The van der Waals surface area contributed by atoms with Crippen LogP contribution in [-0.2, 0) is 9.47 Å². The van der Waals surface area contributed by atoms with E-state index < -0.39 is 10.9 Å². The average Bonchev–Trinajstić information content (AvgIpc) is 2.95. The summed E-state index contributed by atoms with van der Waals surface area (Å²) < 4.78 is 9.82. The Morgan fingerprint density at radius 3 is 1.56 bits per heavy atom. The molecule has 0 radical (unpaired) electrons. The second-order valence-electron chi connectivity index (χ2n) is 8.26. The van der Waals surface area contributed by atoms with E-state index in [1.165, 1.54) is 18.2 Å². The summed E-state index contributed by atoms with van der Waals surface area (Å²) in [5, 5.41) is 11.8. The molecule has 0 heterocycles. The molecule has 0 bridgehead atoms. The summed E-state index contributed by atoms with van der Waals surface area (Å²) in [6.45, 7) is 4.17. The van der Waals surface area contributed by atoms with Crippen molar-refractivity contribution < 1.29 is 24.0 Å². The molecule has 4 rings (SSSR count). The van der Waals surface area contributed by atoms with Crippen molar-refractivity contribution in [3.8, 4) is 22.3 Å². The molecule has 0 unspecified atom stereocenters. The van der Waals surface area contributed by atoms with Crippen LogP contribution in [0.25, 0.3) is 22.3 Å². The van der Waals surface area contributed by atoms with Crippen LogP contribution in [0.5, 0.6) is 0 Å². The highest BCUT2D eigenvalue weighted by Gasteiger charge is 2.13. The number of ether oxygens (including phenoxy) is 2. The molecule has 0 atom stereocenters. The van der Waals surface area contributed by atoms with Crippen LogP contribution in [0.4, 0.5) is 11.4 Å². The van der Waals surface area contributed by atoms with Gasteiger partial charge >= 0.3 is 11.9 Å². The van der Waals surface area contributed by atoms with Crippen molar-refractivity contribution in [3.05, 3.63) is 116 Å². The Balaban J connectivity index is 0.000000281. The number of nitro benzene ring substituents is 1. The first-order valence-electron chi connectivity index (χ1n) is 12.2. The van der Waals surface area contributed by atoms with Crippen LogP contribution in [0.15, 0.2) is 84.9 Å². The number of esters is 2. The van der Waals surface area contributed by atoms with Crippen molar-refractivity contribution in [3.63, 3.8) is 0 Å². The maximum absolute atomic E-state index is 11.6. The number of halogens is 3. The summed E-state index contributed by atoms with van der Waals surface area (Å²) in [4.78, 5) is 33.4. The first-order chi connectivity index (χ1) is 19.1. The molecule has 8 nitrogen and oxygen atoms in total. The zero-order valence-corrected chi connectivity index (χ0v) is 24.5. The van der Waals surface area contributed by atoms with Crippen molar-refractivity contribution in [1.82, 2.24) is 0 Å². The summed E-state index contributed by atoms with van der Waals surface area (Å²) >= 11 is 12.2. The Morgan fingerprint density at radius 2 is 1.15 bits per heavy atom. The van der Waals surface area contributed by atoms with Gasteiger partial charge < -0.3 is 15.2 Å². The van der Waals surface area contributed by atoms with Crippen LogP contribution >= 0.6 is 35.6 Å². The van der Waals surface area contributed by atoms with Crippen molar-refractivity contribution in [2.45, 2.75) is 13.8 Å². The van der Waals surface area contributed by atoms with Gasteiger partial charge in [-0.15, -0.1) is 12.4 Å². The third kappa shape index (κ3) is 8.94. The number of nitrogens with zero attached hydrogens (tertiary/aromatic N) is 1. The van der Waals surface area contributed by atoms with E-state index in [9.17, 15) is 19.7 Å². The molecule has 4 aromatic rings. The number of nitrogen functional groups attached to an aromatic ring is 1. The van der Waals surface area contributed by atoms with Crippen LogP contribution < -0.4 is 5.73 Å². The van der Waals surface area contributed by atoms with Crippen LogP contribution in [-0.4, -0.2) is 30.1 Å². The summed E-state index contributed by atoms with van der Waals surface area (Å²) in [6, 6.07) is 23.2. The molecule has 0 amide bonds. The molecule has 4 aromatic carbocycles. The third-order valence-electron chi connectivity index (χ3n) is 5.57. The lowest BCUT2D eigenvalue weighted by molar-refractivity contribution is -0.384. The maximum atomic E-state index is 11.6. The average molecular weight is 618 g/mol. The quantitative estimate of drug-likeness (QED) is 0.0958. The standard InChI is InChI=1S/C15H12ClNO4.C15H14ClNO2.ClH/c1-2-21-15(18)11-5-3-10(4-6-11)13-9-12(17(19)20)7-8-14(13)16;1-2-19-15(18)11-5-3-10(4-6-11)13-9-12(17)7-8-14(13)16;/h3-9H,2H2,1H3;3-9H,2,17H2,1H3;1H. The number of anilines is 1. The van der Waals surface area contributed by atoms with Crippen LogP contribution in [0.1, 0.15) is 34.6 Å². The molecule has 2 N–H and O–H groups in total. The smallest absolute Gasteiger partial charge is 0.338 e. The molecule has 41 heavy (non-hydrogen) atoms. The fourth-order valence-corrected chi connectivity index (χ4v) is 4.07. The lowest BCUT2D eigenvalue weighted by atomic mass is 10.0. The Hall–Kier alpha value is -4.11. The van der Waals surface area contributed by atoms with E-state index in [-0.39, 0.29) is 24.1 Å². The fourth-order valence-electron chi connectivity index (χ4n) is 3.61.